The summed E-state index contributed by atoms with van der Waals surface area (Å²) in [6.07, 6.45) is 3.38. The van der Waals surface area contributed by atoms with Crippen LogP contribution in [0.3, 0.4) is 0 Å². The molecular formula is C23H18N4O4. The monoisotopic (exact) mass is 414 g/mol. The maximum atomic E-state index is 12.9. The number of nitrogens with zero attached hydrogens (tertiary/aromatic N) is 3. The average Bonchev–Trinajstić information content (AvgIpc) is 3.28. The molecule has 2 aromatic carbocycles. The fourth-order valence-corrected chi connectivity index (χ4v) is 3.51. The molecule has 0 saturated heterocycles. The fraction of sp³-hybridized carbons (Fsp3) is 0.130. The third-order valence-electron chi connectivity index (χ3n) is 5.05. The van der Waals surface area contributed by atoms with E-state index in [4.69, 9.17) is 9.47 Å². The van der Waals surface area contributed by atoms with Crippen LogP contribution in [0.15, 0.2) is 71.8 Å². The Morgan fingerprint density at radius 1 is 1.03 bits per heavy atom. The summed E-state index contributed by atoms with van der Waals surface area (Å²) in [4.78, 5) is 29.7. The molecule has 0 fully saturated rings. The number of hydrogen-bond acceptors (Lipinski definition) is 6. The van der Waals surface area contributed by atoms with Crippen LogP contribution in [0.2, 0.25) is 0 Å². The lowest BCUT2D eigenvalue weighted by molar-refractivity contribution is 0.0950. The van der Waals surface area contributed by atoms with Gasteiger partial charge in [0.05, 0.1) is 24.2 Å². The summed E-state index contributed by atoms with van der Waals surface area (Å²) >= 11 is 0. The number of carbonyl (C=O) groups is 1. The molecule has 3 heterocycles. The Bertz CT molecular complexity index is 1330. The van der Waals surface area contributed by atoms with Crippen molar-refractivity contribution in [3.05, 3.63) is 94.2 Å². The largest absolute Gasteiger partial charge is 0.454 e. The first-order chi connectivity index (χ1) is 15.2. The number of ether oxygens (including phenoxy) is 2. The summed E-state index contributed by atoms with van der Waals surface area (Å²) < 4.78 is 12.0. The Balaban J connectivity index is 1.44. The van der Waals surface area contributed by atoms with Crippen LogP contribution in [0.5, 0.6) is 11.5 Å². The molecule has 0 radical (unpaired) electrons. The molecule has 1 amide bonds. The second kappa shape index (κ2) is 7.91. The summed E-state index contributed by atoms with van der Waals surface area (Å²) in [6.45, 7) is 0.608. The molecule has 0 bridgehead atoms. The van der Waals surface area contributed by atoms with E-state index in [1.54, 1.807) is 36.7 Å². The van der Waals surface area contributed by atoms with Crippen LogP contribution in [0.1, 0.15) is 21.6 Å². The van der Waals surface area contributed by atoms with E-state index >= 15 is 0 Å². The number of fused-ring (bicyclic) bond motifs is 2. The first-order valence-electron chi connectivity index (χ1n) is 9.74. The molecule has 0 aliphatic carbocycles. The van der Waals surface area contributed by atoms with E-state index in [2.05, 4.69) is 15.4 Å². The van der Waals surface area contributed by atoms with Crippen molar-refractivity contribution in [2.24, 2.45) is 0 Å². The van der Waals surface area contributed by atoms with Crippen LogP contribution < -0.4 is 20.3 Å². The molecule has 4 aromatic rings. The highest BCUT2D eigenvalue weighted by atomic mass is 16.7. The number of amides is 1. The summed E-state index contributed by atoms with van der Waals surface area (Å²) in [5.41, 5.74) is 1.73. The minimum absolute atomic E-state index is 0.148. The maximum absolute atomic E-state index is 12.9. The van der Waals surface area contributed by atoms with E-state index in [1.165, 1.54) is 4.68 Å². The lowest BCUT2D eigenvalue weighted by Gasteiger charge is -2.12. The number of aromatic nitrogens is 3. The number of hydrogen-bond donors (Lipinski definition) is 1. The van der Waals surface area contributed by atoms with Crippen LogP contribution in [0, 0.1) is 0 Å². The van der Waals surface area contributed by atoms with Crippen molar-refractivity contribution in [3.63, 3.8) is 0 Å². The van der Waals surface area contributed by atoms with Gasteiger partial charge in [0.15, 0.2) is 11.5 Å². The molecule has 8 heteroatoms. The third kappa shape index (κ3) is 3.71. The molecule has 154 valence electrons. The van der Waals surface area contributed by atoms with Gasteiger partial charge in [-0.2, -0.15) is 5.10 Å². The number of pyridine rings is 1. The lowest BCUT2D eigenvalue weighted by atomic mass is 10.1. The SMILES string of the molecule is O=C(NCc1nn(Cc2cccnc2)c(=O)c2ccccc12)c1ccc2c(c1)OCO2. The first-order valence-corrected chi connectivity index (χ1v) is 9.74. The van der Waals surface area contributed by atoms with Crippen LogP contribution in [-0.4, -0.2) is 27.5 Å². The molecule has 0 spiro atoms. The van der Waals surface area contributed by atoms with Crippen molar-refractivity contribution in [1.82, 2.24) is 20.1 Å². The molecule has 31 heavy (non-hydrogen) atoms. The molecular weight excluding hydrogens is 396 g/mol. The molecule has 0 unspecified atom stereocenters. The predicted octanol–water partition coefficient (Wildman–Crippen LogP) is 2.50. The third-order valence-corrected chi connectivity index (χ3v) is 5.05. The summed E-state index contributed by atoms with van der Waals surface area (Å²) in [7, 11) is 0. The second-order valence-electron chi connectivity index (χ2n) is 7.07. The molecule has 5 rings (SSSR count). The van der Waals surface area contributed by atoms with Gasteiger partial charge in [-0.1, -0.05) is 24.3 Å². The fourth-order valence-electron chi connectivity index (χ4n) is 3.51. The first kappa shape index (κ1) is 18.8. The van der Waals surface area contributed by atoms with E-state index < -0.39 is 0 Å². The van der Waals surface area contributed by atoms with Crippen molar-refractivity contribution in [1.29, 1.82) is 0 Å². The number of carbonyl (C=O) groups excluding carboxylic acids is 1. The van der Waals surface area contributed by atoms with Gasteiger partial charge in [-0.3, -0.25) is 14.6 Å². The van der Waals surface area contributed by atoms with Gasteiger partial charge in [-0.25, -0.2) is 4.68 Å². The van der Waals surface area contributed by atoms with Crippen LogP contribution in [0.25, 0.3) is 10.8 Å². The van der Waals surface area contributed by atoms with Crippen molar-refractivity contribution >= 4 is 16.7 Å². The molecule has 2 aromatic heterocycles. The highest BCUT2D eigenvalue weighted by Gasteiger charge is 2.17. The summed E-state index contributed by atoms with van der Waals surface area (Å²) in [5.74, 6) is 0.891. The average molecular weight is 414 g/mol. The topological polar surface area (TPSA) is 95.3 Å². The van der Waals surface area contributed by atoms with Gasteiger partial charge in [-0.05, 0) is 35.9 Å². The quantitative estimate of drug-likeness (QED) is 0.539. The second-order valence-corrected chi connectivity index (χ2v) is 7.07. The van der Waals surface area contributed by atoms with Gasteiger partial charge in [0.1, 0.15) is 0 Å². The smallest absolute Gasteiger partial charge is 0.274 e. The van der Waals surface area contributed by atoms with Gasteiger partial charge < -0.3 is 14.8 Å². The van der Waals surface area contributed by atoms with Crippen molar-refractivity contribution in [2.45, 2.75) is 13.1 Å². The minimum Gasteiger partial charge on any atom is -0.454 e. The highest BCUT2D eigenvalue weighted by molar-refractivity contribution is 5.95. The predicted molar refractivity (Wildman–Crippen MR) is 113 cm³/mol. The Hall–Kier alpha value is -4.20. The molecule has 0 saturated carbocycles. The van der Waals surface area contributed by atoms with E-state index in [-0.39, 0.29) is 24.8 Å². The zero-order valence-corrected chi connectivity index (χ0v) is 16.4. The normalized spacial score (nSPS) is 12.1. The van der Waals surface area contributed by atoms with Gasteiger partial charge in [-0.15, -0.1) is 0 Å². The van der Waals surface area contributed by atoms with Gasteiger partial charge >= 0.3 is 0 Å². The van der Waals surface area contributed by atoms with Gasteiger partial charge in [0.25, 0.3) is 11.5 Å². The summed E-state index contributed by atoms with van der Waals surface area (Å²) in [5, 5.41) is 8.68. The van der Waals surface area contributed by atoms with Crippen LogP contribution >= 0.6 is 0 Å². The van der Waals surface area contributed by atoms with Gasteiger partial charge in [0.2, 0.25) is 6.79 Å². The van der Waals surface area contributed by atoms with Crippen molar-refractivity contribution in [3.8, 4) is 11.5 Å². The molecule has 0 atom stereocenters. The molecule has 1 aliphatic rings. The number of rotatable bonds is 5. The number of nitrogens with one attached hydrogen (secondary N) is 1. The van der Waals surface area contributed by atoms with Crippen molar-refractivity contribution in [2.75, 3.05) is 6.79 Å². The van der Waals surface area contributed by atoms with E-state index in [0.717, 1.165) is 5.56 Å². The highest BCUT2D eigenvalue weighted by Crippen LogP contribution is 2.32. The Morgan fingerprint density at radius 2 is 1.87 bits per heavy atom. The van der Waals surface area contributed by atoms with Gasteiger partial charge in [0, 0.05) is 23.3 Å². The van der Waals surface area contributed by atoms with Crippen LogP contribution in [0.4, 0.5) is 0 Å². The van der Waals surface area contributed by atoms with E-state index in [0.29, 0.717) is 40.1 Å². The number of benzene rings is 2. The Kier molecular flexibility index (Phi) is 4.80. The molecule has 1 N–H and O–H groups in total. The Morgan fingerprint density at radius 3 is 2.71 bits per heavy atom. The lowest BCUT2D eigenvalue weighted by Crippen LogP contribution is -2.29. The Labute approximate surface area is 177 Å². The van der Waals surface area contributed by atoms with E-state index in [1.807, 2.05) is 30.3 Å². The summed E-state index contributed by atoms with van der Waals surface area (Å²) in [6, 6.07) is 16.0. The van der Waals surface area contributed by atoms with Crippen molar-refractivity contribution < 1.29 is 14.3 Å². The maximum Gasteiger partial charge on any atom is 0.274 e. The standard InChI is InChI=1S/C23H18N4O4/c28-22(16-7-8-20-21(10-16)31-14-30-20)25-12-19-17-5-1-2-6-18(17)23(29)27(26-19)13-15-4-3-9-24-11-15/h1-11H,12-14H2,(H,25,28). The zero-order valence-electron chi connectivity index (χ0n) is 16.4. The molecule has 8 nitrogen and oxygen atoms in total. The van der Waals surface area contributed by atoms with Crippen LogP contribution in [-0.2, 0) is 13.1 Å². The minimum atomic E-state index is -0.269. The molecule has 1 aliphatic heterocycles. The van der Waals surface area contributed by atoms with E-state index in [9.17, 15) is 9.59 Å². The zero-order chi connectivity index (χ0) is 21.2.